The number of benzene rings is 2. The SMILES string of the molecule is CCn1nnc2cc(C(=O)OCC(=O)N[C@@H](C)c3cc4ccccc4o3)ccc21. The minimum atomic E-state index is -0.593. The largest absolute Gasteiger partial charge is 0.459 e. The van der Waals surface area contributed by atoms with Gasteiger partial charge in [0.25, 0.3) is 5.91 Å². The Morgan fingerprint density at radius 1 is 1.21 bits per heavy atom. The van der Waals surface area contributed by atoms with Crippen LogP contribution in [-0.4, -0.2) is 33.5 Å². The summed E-state index contributed by atoms with van der Waals surface area (Å²) in [6.45, 7) is 4.07. The number of para-hydroxylation sites is 1. The molecule has 0 bridgehead atoms. The van der Waals surface area contributed by atoms with E-state index in [0.717, 1.165) is 16.5 Å². The minimum Gasteiger partial charge on any atom is -0.459 e. The molecule has 4 rings (SSSR count). The summed E-state index contributed by atoms with van der Waals surface area (Å²) in [7, 11) is 0. The summed E-state index contributed by atoms with van der Waals surface area (Å²) in [4.78, 5) is 24.4. The van der Waals surface area contributed by atoms with Crippen molar-refractivity contribution in [2.75, 3.05) is 6.61 Å². The molecule has 0 fully saturated rings. The van der Waals surface area contributed by atoms with Crippen molar-refractivity contribution in [3.05, 3.63) is 59.9 Å². The van der Waals surface area contributed by atoms with E-state index in [9.17, 15) is 9.59 Å². The van der Waals surface area contributed by atoms with Crippen molar-refractivity contribution in [2.24, 2.45) is 0 Å². The molecule has 4 aromatic rings. The lowest BCUT2D eigenvalue weighted by Gasteiger charge is -2.11. The van der Waals surface area contributed by atoms with Gasteiger partial charge in [-0.2, -0.15) is 0 Å². The molecule has 0 aliphatic rings. The van der Waals surface area contributed by atoms with Crippen LogP contribution in [-0.2, 0) is 16.1 Å². The Balaban J connectivity index is 1.35. The van der Waals surface area contributed by atoms with Crippen LogP contribution in [0.25, 0.3) is 22.0 Å². The first-order valence-corrected chi connectivity index (χ1v) is 9.33. The maximum atomic E-state index is 12.3. The number of ether oxygens (including phenoxy) is 1. The monoisotopic (exact) mass is 392 g/mol. The van der Waals surface area contributed by atoms with E-state index in [-0.39, 0.29) is 12.6 Å². The fourth-order valence-corrected chi connectivity index (χ4v) is 3.12. The Labute approximate surface area is 166 Å². The summed E-state index contributed by atoms with van der Waals surface area (Å²) in [6.07, 6.45) is 0. The lowest BCUT2D eigenvalue weighted by atomic mass is 10.2. The van der Waals surface area contributed by atoms with Gasteiger partial charge >= 0.3 is 5.97 Å². The van der Waals surface area contributed by atoms with Crippen LogP contribution in [0.2, 0.25) is 0 Å². The molecule has 8 nitrogen and oxygen atoms in total. The predicted octanol–water partition coefficient (Wildman–Crippen LogP) is 3.23. The Morgan fingerprint density at radius 3 is 2.83 bits per heavy atom. The van der Waals surface area contributed by atoms with Crippen molar-refractivity contribution in [3.8, 4) is 0 Å². The van der Waals surface area contributed by atoms with Gasteiger partial charge in [-0.05, 0) is 44.2 Å². The molecule has 0 aliphatic heterocycles. The lowest BCUT2D eigenvalue weighted by Crippen LogP contribution is -2.31. The van der Waals surface area contributed by atoms with Gasteiger partial charge in [0.15, 0.2) is 6.61 Å². The highest BCUT2D eigenvalue weighted by molar-refractivity contribution is 5.94. The van der Waals surface area contributed by atoms with Crippen LogP contribution in [0.4, 0.5) is 0 Å². The van der Waals surface area contributed by atoms with Gasteiger partial charge in [-0.3, -0.25) is 4.79 Å². The maximum Gasteiger partial charge on any atom is 0.338 e. The fourth-order valence-electron chi connectivity index (χ4n) is 3.12. The molecular weight excluding hydrogens is 372 g/mol. The number of rotatable bonds is 6. The Hall–Kier alpha value is -3.68. The summed E-state index contributed by atoms with van der Waals surface area (Å²) in [5.74, 6) is -0.371. The van der Waals surface area contributed by atoms with E-state index < -0.39 is 11.9 Å². The van der Waals surface area contributed by atoms with E-state index in [1.165, 1.54) is 0 Å². The van der Waals surface area contributed by atoms with Crippen molar-refractivity contribution in [1.29, 1.82) is 0 Å². The third-order valence-corrected chi connectivity index (χ3v) is 4.63. The number of furan rings is 1. The van der Waals surface area contributed by atoms with E-state index in [1.54, 1.807) is 22.9 Å². The van der Waals surface area contributed by atoms with Crippen molar-refractivity contribution >= 4 is 33.9 Å². The van der Waals surface area contributed by atoms with Crippen LogP contribution in [0, 0.1) is 0 Å². The van der Waals surface area contributed by atoms with E-state index in [4.69, 9.17) is 9.15 Å². The van der Waals surface area contributed by atoms with E-state index in [0.29, 0.717) is 23.4 Å². The van der Waals surface area contributed by atoms with Gasteiger partial charge in [-0.25, -0.2) is 9.48 Å². The molecule has 2 aromatic heterocycles. The number of amides is 1. The molecule has 0 saturated heterocycles. The van der Waals surface area contributed by atoms with Gasteiger partial charge in [0, 0.05) is 11.9 Å². The van der Waals surface area contributed by atoms with E-state index in [1.807, 2.05) is 44.2 Å². The predicted molar refractivity (Wildman–Crippen MR) is 106 cm³/mol. The zero-order chi connectivity index (χ0) is 20.4. The molecule has 8 heteroatoms. The van der Waals surface area contributed by atoms with Crippen molar-refractivity contribution in [1.82, 2.24) is 20.3 Å². The van der Waals surface area contributed by atoms with Gasteiger partial charge in [0.05, 0.1) is 17.1 Å². The van der Waals surface area contributed by atoms with Crippen LogP contribution < -0.4 is 5.32 Å². The summed E-state index contributed by atoms with van der Waals surface area (Å²) in [5.41, 5.74) is 2.51. The van der Waals surface area contributed by atoms with Crippen molar-refractivity contribution < 1.29 is 18.7 Å². The average Bonchev–Trinajstić information content (AvgIpc) is 3.35. The first-order valence-electron chi connectivity index (χ1n) is 9.33. The van der Waals surface area contributed by atoms with Crippen molar-refractivity contribution in [2.45, 2.75) is 26.4 Å². The number of hydrogen-bond donors (Lipinski definition) is 1. The molecular formula is C21H20N4O4. The third-order valence-electron chi connectivity index (χ3n) is 4.63. The topological polar surface area (TPSA) is 99.3 Å². The van der Waals surface area contributed by atoms with Crippen molar-refractivity contribution in [3.63, 3.8) is 0 Å². The summed E-state index contributed by atoms with van der Waals surface area (Å²) < 4.78 is 12.6. The number of aryl methyl sites for hydroxylation is 1. The van der Waals surface area contributed by atoms with E-state index in [2.05, 4.69) is 15.6 Å². The molecule has 1 atom stereocenters. The molecule has 0 radical (unpaired) electrons. The van der Waals surface area contributed by atoms with Crippen LogP contribution >= 0.6 is 0 Å². The van der Waals surface area contributed by atoms with Gasteiger partial charge in [-0.1, -0.05) is 23.4 Å². The number of carbonyl (C=O) groups excluding carboxylic acids is 2. The Kier molecular flexibility index (Phi) is 4.99. The van der Waals surface area contributed by atoms with Gasteiger partial charge in [0.2, 0.25) is 0 Å². The molecule has 0 saturated carbocycles. The number of fused-ring (bicyclic) bond motifs is 2. The molecule has 29 heavy (non-hydrogen) atoms. The van der Waals surface area contributed by atoms with Gasteiger partial charge in [0.1, 0.15) is 16.9 Å². The number of carbonyl (C=O) groups is 2. The molecule has 2 heterocycles. The first kappa shape index (κ1) is 18.7. The smallest absolute Gasteiger partial charge is 0.338 e. The molecule has 2 aromatic carbocycles. The second-order valence-electron chi connectivity index (χ2n) is 6.66. The number of hydrogen-bond acceptors (Lipinski definition) is 6. The molecule has 0 spiro atoms. The quantitative estimate of drug-likeness (QED) is 0.506. The fraction of sp³-hybridized carbons (Fsp3) is 0.238. The average molecular weight is 392 g/mol. The van der Waals surface area contributed by atoms with Crippen LogP contribution in [0.3, 0.4) is 0 Å². The number of nitrogens with zero attached hydrogens (tertiary/aromatic N) is 3. The standard InChI is InChI=1S/C21H20N4O4/c1-3-25-17-9-8-15(10-16(17)23-24-25)21(27)28-12-20(26)22-13(2)19-11-14-6-4-5-7-18(14)29-19/h4-11,13H,3,12H2,1-2H3,(H,22,26)/t13-/m0/s1. The molecule has 0 aliphatic carbocycles. The second-order valence-corrected chi connectivity index (χ2v) is 6.66. The normalized spacial score (nSPS) is 12.2. The molecule has 0 unspecified atom stereocenters. The zero-order valence-electron chi connectivity index (χ0n) is 16.1. The summed E-state index contributed by atoms with van der Waals surface area (Å²) in [5, 5.41) is 11.8. The Morgan fingerprint density at radius 2 is 2.03 bits per heavy atom. The number of esters is 1. The molecule has 1 N–H and O–H groups in total. The highest BCUT2D eigenvalue weighted by Crippen LogP contribution is 2.23. The number of nitrogens with one attached hydrogen (secondary N) is 1. The highest BCUT2D eigenvalue weighted by Gasteiger charge is 2.17. The lowest BCUT2D eigenvalue weighted by molar-refractivity contribution is -0.125. The van der Waals surface area contributed by atoms with Gasteiger partial charge < -0.3 is 14.5 Å². The molecule has 148 valence electrons. The minimum absolute atomic E-state index is 0.318. The maximum absolute atomic E-state index is 12.3. The Bertz CT molecular complexity index is 1160. The van der Waals surface area contributed by atoms with Crippen LogP contribution in [0.5, 0.6) is 0 Å². The summed E-state index contributed by atoms with van der Waals surface area (Å²) >= 11 is 0. The molecule has 1 amide bonds. The number of aromatic nitrogens is 3. The third kappa shape index (κ3) is 3.82. The van der Waals surface area contributed by atoms with Gasteiger partial charge in [-0.15, -0.1) is 5.10 Å². The van der Waals surface area contributed by atoms with E-state index >= 15 is 0 Å². The first-order chi connectivity index (χ1) is 14.0. The zero-order valence-corrected chi connectivity index (χ0v) is 16.1. The second kappa shape index (κ2) is 7.75. The van der Waals surface area contributed by atoms with Crippen LogP contribution in [0.15, 0.2) is 52.9 Å². The van der Waals surface area contributed by atoms with Crippen LogP contribution in [0.1, 0.15) is 36.0 Å². The highest BCUT2D eigenvalue weighted by atomic mass is 16.5. The summed E-state index contributed by atoms with van der Waals surface area (Å²) in [6, 6.07) is 14.1.